The van der Waals surface area contributed by atoms with Crippen molar-refractivity contribution in [3.05, 3.63) is 113 Å². The monoisotopic (exact) mass is 424 g/mol. The Balaban J connectivity index is 1.57. The van der Waals surface area contributed by atoms with E-state index in [1.165, 1.54) is 0 Å². The Hall–Kier alpha value is -4.19. The molecule has 0 unspecified atom stereocenters. The van der Waals surface area contributed by atoms with E-state index in [-0.39, 0.29) is 11.8 Å². The Bertz CT molecular complexity index is 1220. The van der Waals surface area contributed by atoms with Gasteiger partial charge >= 0.3 is 0 Å². The van der Waals surface area contributed by atoms with Gasteiger partial charge in [-0.05, 0) is 23.3 Å². The summed E-state index contributed by atoms with van der Waals surface area (Å²) < 4.78 is 1.79. The second-order valence-electron chi connectivity index (χ2n) is 7.40. The van der Waals surface area contributed by atoms with E-state index in [0.717, 1.165) is 16.7 Å². The lowest BCUT2D eigenvalue weighted by molar-refractivity contribution is 0.0949. The molecule has 0 spiro atoms. The number of hydrogen-bond donors (Lipinski definition) is 2. The summed E-state index contributed by atoms with van der Waals surface area (Å²) in [6.07, 6.45) is 1.78. The highest BCUT2D eigenvalue weighted by Crippen LogP contribution is 2.22. The Morgan fingerprint density at radius 2 is 1.53 bits per heavy atom. The van der Waals surface area contributed by atoms with Gasteiger partial charge in [-0.3, -0.25) is 14.3 Å². The van der Waals surface area contributed by atoms with Crippen molar-refractivity contribution in [1.82, 2.24) is 20.4 Å². The Morgan fingerprint density at radius 3 is 2.25 bits per heavy atom. The first kappa shape index (κ1) is 21.1. The zero-order valence-corrected chi connectivity index (χ0v) is 17.8. The molecule has 1 aromatic heterocycles. The standard InChI is InChI=1S/C26H24N4O2/c1-27-25(31)22-14-8-11-20(15-22)16-28-26(32)23-18-30(17-19-9-4-2-5-10-19)29-24(23)21-12-6-3-7-13-21/h2-15,18H,16-17H2,1H3,(H,27,31)(H,28,32). The highest BCUT2D eigenvalue weighted by Gasteiger charge is 2.18. The molecule has 0 saturated carbocycles. The molecule has 2 amide bonds. The molecule has 0 atom stereocenters. The van der Waals surface area contributed by atoms with Crippen LogP contribution in [0.25, 0.3) is 11.3 Å². The van der Waals surface area contributed by atoms with Crippen LogP contribution in [0.2, 0.25) is 0 Å². The number of benzene rings is 3. The first-order chi connectivity index (χ1) is 15.6. The van der Waals surface area contributed by atoms with Crippen LogP contribution in [0.1, 0.15) is 31.8 Å². The molecule has 160 valence electrons. The molecular weight excluding hydrogens is 400 g/mol. The molecule has 2 N–H and O–H groups in total. The van der Waals surface area contributed by atoms with Gasteiger partial charge in [0.2, 0.25) is 0 Å². The SMILES string of the molecule is CNC(=O)c1cccc(CNC(=O)c2cn(Cc3ccccc3)nc2-c2ccccc2)c1. The molecule has 4 aromatic rings. The maximum atomic E-state index is 13.1. The van der Waals surface area contributed by atoms with Gasteiger partial charge in [-0.15, -0.1) is 0 Å². The van der Waals surface area contributed by atoms with E-state index in [1.807, 2.05) is 66.7 Å². The van der Waals surface area contributed by atoms with Crippen LogP contribution in [0.15, 0.2) is 91.1 Å². The van der Waals surface area contributed by atoms with Crippen LogP contribution >= 0.6 is 0 Å². The maximum Gasteiger partial charge on any atom is 0.255 e. The summed E-state index contributed by atoms with van der Waals surface area (Å²) in [6, 6.07) is 26.9. The number of aromatic nitrogens is 2. The lowest BCUT2D eigenvalue weighted by Gasteiger charge is -2.07. The summed E-state index contributed by atoms with van der Waals surface area (Å²) in [4.78, 5) is 25.0. The van der Waals surface area contributed by atoms with E-state index in [9.17, 15) is 9.59 Å². The first-order valence-electron chi connectivity index (χ1n) is 10.4. The van der Waals surface area contributed by atoms with Gasteiger partial charge in [-0.1, -0.05) is 72.8 Å². The van der Waals surface area contributed by atoms with Crippen LogP contribution in [0.5, 0.6) is 0 Å². The van der Waals surface area contributed by atoms with Crippen LogP contribution in [0, 0.1) is 0 Å². The molecule has 1 heterocycles. The van der Waals surface area contributed by atoms with Gasteiger partial charge in [0.25, 0.3) is 11.8 Å². The van der Waals surface area contributed by atoms with Gasteiger partial charge in [0, 0.05) is 30.9 Å². The number of carbonyl (C=O) groups excluding carboxylic acids is 2. The fourth-order valence-electron chi connectivity index (χ4n) is 3.49. The van der Waals surface area contributed by atoms with Gasteiger partial charge in [0.05, 0.1) is 12.1 Å². The van der Waals surface area contributed by atoms with Crippen LogP contribution in [0.4, 0.5) is 0 Å². The molecule has 0 aliphatic heterocycles. The van der Waals surface area contributed by atoms with E-state index in [0.29, 0.717) is 29.9 Å². The zero-order chi connectivity index (χ0) is 22.3. The molecule has 0 aliphatic carbocycles. The predicted octanol–water partition coefficient (Wildman–Crippen LogP) is 3.89. The lowest BCUT2D eigenvalue weighted by Crippen LogP contribution is -2.23. The molecule has 6 heteroatoms. The quantitative estimate of drug-likeness (QED) is 0.473. The van der Waals surface area contributed by atoms with Crippen molar-refractivity contribution in [2.24, 2.45) is 0 Å². The second kappa shape index (κ2) is 9.75. The summed E-state index contributed by atoms with van der Waals surface area (Å²) >= 11 is 0. The van der Waals surface area contributed by atoms with Crippen LogP contribution in [-0.2, 0) is 13.1 Å². The molecule has 0 radical (unpaired) electrons. The molecule has 0 aliphatic rings. The van der Waals surface area contributed by atoms with Gasteiger partial charge in [-0.2, -0.15) is 5.10 Å². The summed E-state index contributed by atoms with van der Waals surface area (Å²) in [5.74, 6) is -0.375. The Labute approximate surface area is 186 Å². The molecular formula is C26H24N4O2. The number of nitrogens with one attached hydrogen (secondary N) is 2. The first-order valence-corrected chi connectivity index (χ1v) is 10.4. The minimum atomic E-state index is -0.214. The highest BCUT2D eigenvalue weighted by molar-refractivity contribution is 5.99. The third-order valence-electron chi connectivity index (χ3n) is 5.11. The second-order valence-corrected chi connectivity index (χ2v) is 7.40. The fraction of sp³-hybridized carbons (Fsp3) is 0.115. The largest absolute Gasteiger partial charge is 0.355 e. The number of nitrogens with zero attached hydrogens (tertiary/aromatic N) is 2. The maximum absolute atomic E-state index is 13.1. The molecule has 32 heavy (non-hydrogen) atoms. The van der Waals surface area contributed by atoms with Crippen molar-refractivity contribution >= 4 is 11.8 Å². The van der Waals surface area contributed by atoms with Crippen LogP contribution in [0.3, 0.4) is 0 Å². The van der Waals surface area contributed by atoms with E-state index in [1.54, 1.807) is 36.1 Å². The molecule has 3 aromatic carbocycles. The van der Waals surface area contributed by atoms with Gasteiger partial charge in [0.1, 0.15) is 5.69 Å². The van der Waals surface area contributed by atoms with Crippen molar-refractivity contribution in [1.29, 1.82) is 0 Å². The summed E-state index contributed by atoms with van der Waals surface area (Å²) in [5.41, 5.74) is 4.53. The van der Waals surface area contributed by atoms with Crippen molar-refractivity contribution in [2.45, 2.75) is 13.1 Å². The molecule has 0 bridgehead atoms. The lowest BCUT2D eigenvalue weighted by atomic mass is 10.1. The van der Waals surface area contributed by atoms with E-state index >= 15 is 0 Å². The van der Waals surface area contributed by atoms with E-state index < -0.39 is 0 Å². The topological polar surface area (TPSA) is 76.0 Å². The summed E-state index contributed by atoms with van der Waals surface area (Å²) in [5, 5.41) is 10.3. The fourth-order valence-corrected chi connectivity index (χ4v) is 3.49. The Morgan fingerprint density at radius 1 is 0.844 bits per heavy atom. The number of hydrogen-bond acceptors (Lipinski definition) is 3. The summed E-state index contributed by atoms with van der Waals surface area (Å²) in [6.45, 7) is 0.879. The molecule has 4 rings (SSSR count). The van der Waals surface area contributed by atoms with Crippen molar-refractivity contribution in [3.63, 3.8) is 0 Å². The van der Waals surface area contributed by atoms with Gasteiger partial charge < -0.3 is 10.6 Å². The average molecular weight is 425 g/mol. The van der Waals surface area contributed by atoms with E-state index in [4.69, 9.17) is 5.10 Å². The summed E-state index contributed by atoms with van der Waals surface area (Å²) in [7, 11) is 1.59. The average Bonchev–Trinajstić information content (AvgIpc) is 3.27. The van der Waals surface area contributed by atoms with Gasteiger partial charge in [-0.25, -0.2) is 0 Å². The molecule has 0 saturated heterocycles. The van der Waals surface area contributed by atoms with Crippen molar-refractivity contribution in [2.75, 3.05) is 7.05 Å². The van der Waals surface area contributed by atoms with Crippen LogP contribution in [-0.4, -0.2) is 28.6 Å². The molecule has 0 fully saturated rings. The minimum absolute atomic E-state index is 0.160. The number of carbonyl (C=O) groups is 2. The Kier molecular flexibility index (Phi) is 6.41. The predicted molar refractivity (Wildman–Crippen MR) is 124 cm³/mol. The van der Waals surface area contributed by atoms with E-state index in [2.05, 4.69) is 10.6 Å². The normalized spacial score (nSPS) is 10.5. The smallest absolute Gasteiger partial charge is 0.255 e. The number of amides is 2. The minimum Gasteiger partial charge on any atom is -0.355 e. The number of rotatable bonds is 7. The van der Waals surface area contributed by atoms with Crippen molar-refractivity contribution in [3.8, 4) is 11.3 Å². The third-order valence-corrected chi connectivity index (χ3v) is 5.11. The third kappa shape index (κ3) is 4.92. The van der Waals surface area contributed by atoms with Crippen LogP contribution < -0.4 is 10.6 Å². The zero-order valence-electron chi connectivity index (χ0n) is 17.8. The molecule has 6 nitrogen and oxygen atoms in total. The van der Waals surface area contributed by atoms with Crippen molar-refractivity contribution < 1.29 is 9.59 Å². The highest BCUT2D eigenvalue weighted by atomic mass is 16.2. The van der Waals surface area contributed by atoms with Gasteiger partial charge in [0.15, 0.2) is 0 Å².